The van der Waals surface area contributed by atoms with Gasteiger partial charge in [-0.1, -0.05) is 12.7 Å². The second-order valence-corrected chi connectivity index (χ2v) is 1.14. The Labute approximate surface area is 36.7 Å². The average Bonchev–Trinajstić information content (AvgIpc) is 1.36. The molecule has 1 N–H and O–H groups in total. The molecule has 2 heteroatoms. The van der Waals surface area contributed by atoms with E-state index < -0.39 is 0 Å². The highest BCUT2D eigenvalue weighted by molar-refractivity contribution is 4.87. The van der Waals surface area contributed by atoms with E-state index in [0.717, 1.165) is 0 Å². The summed E-state index contributed by atoms with van der Waals surface area (Å²) in [5, 5.41) is 18.1. The van der Waals surface area contributed by atoms with E-state index in [0.29, 0.717) is 0 Å². The summed E-state index contributed by atoms with van der Waals surface area (Å²) in [4.78, 5) is 0. The third-order valence-corrected chi connectivity index (χ3v) is 0.510. The molecule has 2 nitrogen and oxygen atoms in total. The van der Waals surface area contributed by atoms with E-state index >= 15 is 0 Å². The molecular weight excluding hydrogens is 80.0 g/mol. The Bertz CT molecular complexity index is 55.6. The van der Waals surface area contributed by atoms with Gasteiger partial charge in [-0.3, -0.25) is 0 Å². The van der Waals surface area contributed by atoms with Crippen LogP contribution in [0.3, 0.4) is 0 Å². The third-order valence-electron chi connectivity index (χ3n) is 0.510. The fourth-order valence-corrected chi connectivity index (χ4v) is 0. The van der Waals surface area contributed by atoms with Gasteiger partial charge in [0.1, 0.15) is 0 Å². The van der Waals surface area contributed by atoms with Crippen LogP contribution in [0.4, 0.5) is 0 Å². The second-order valence-electron chi connectivity index (χ2n) is 1.14. The highest BCUT2D eigenvalue weighted by Gasteiger charge is 1.71. The van der Waals surface area contributed by atoms with Crippen LogP contribution in [0.2, 0.25) is 0 Å². The van der Waals surface area contributed by atoms with Gasteiger partial charge in [-0.05, 0) is 6.92 Å². The maximum Gasteiger partial charge on any atom is 0.0770 e. The predicted molar refractivity (Wildman–Crippen MR) is 21.0 cm³/mol. The van der Waals surface area contributed by atoms with Gasteiger partial charge in [0.2, 0.25) is 0 Å². The molecule has 0 spiro atoms. The minimum absolute atomic E-state index is 0.130. The number of aliphatic hydroxyl groups is 1. The van der Waals surface area contributed by atoms with Crippen LogP contribution in [-0.2, 0) is 0 Å². The zero-order chi connectivity index (χ0) is 5.15. The molecule has 0 rings (SSSR count). The Kier molecular flexibility index (Phi) is 1.51. The lowest BCUT2D eigenvalue weighted by Gasteiger charge is -2.02. The van der Waals surface area contributed by atoms with Crippen LogP contribution in [0.15, 0.2) is 11.5 Å². The Hall–Kier alpha value is -0.660. The van der Waals surface area contributed by atoms with Crippen LogP contribution in [-0.4, -0.2) is 5.11 Å². The third kappa shape index (κ3) is 1.64. The standard InChI is InChI=1S/C4H8O2/c1-3(5)4(2)6/h5-6H,1-2H3/p-1/b4-3-. The molecule has 6 heavy (non-hydrogen) atoms. The van der Waals surface area contributed by atoms with E-state index in [9.17, 15) is 5.11 Å². The van der Waals surface area contributed by atoms with Gasteiger partial charge in [-0.2, -0.15) is 0 Å². The summed E-state index contributed by atoms with van der Waals surface area (Å²) in [6.07, 6.45) is 0. The lowest BCUT2D eigenvalue weighted by Crippen LogP contribution is -2.00. The molecule has 0 radical (unpaired) electrons. The van der Waals surface area contributed by atoms with Crippen molar-refractivity contribution in [1.82, 2.24) is 0 Å². The van der Waals surface area contributed by atoms with Crippen molar-refractivity contribution in [2.24, 2.45) is 0 Å². The van der Waals surface area contributed by atoms with Gasteiger partial charge < -0.3 is 10.2 Å². The maximum absolute atomic E-state index is 9.86. The van der Waals surface area contributed by atoms with Crippen molar-refractivity contribution in [3.05, 3.63) is 11.5 Å². The summed E-state index contributed by atoms with van der Waals surface area (Å²) in [6, 6.07) is 0. The summed E-state index contributed by atoms with van der Waals surface area (Å²) < 4.78 is 0. The van der Waals surface area contributed by atoms with Crippen molar-refractivity contribution in [3.8, 4) is 0 Å². The van der Waals surface area contributed by atoms with Crippen molar-refractivity contribution in [1.29, 1.82) is 0 Å². The summed E-state index contributed by atoms with van der Waals surface area (Å²) in [7, 11) is 0. The number of allylic oxidation sites excluding steroid dienone is 2. The van der Waals surface area contributed by atoms with Crippen molar-refractivity contribution >= 4 is 0 Å². The molecule has 0 saturated carbocycles. The molecule has 0 bridgehead atoms. The minimum atomic E-state index is -0.269. The van der Waals surface area contributed by atoms with Crippen molar-refractivity contribution in [2.75, 3.05) is 0 Å². The van der Waals surface area contributed by atoms with Crippen molar-refractivity contribution < 1.29 is 10.2 Å². The molecule has 0 aromatic rings. The molecule has 0 atom stereocenters. The molecule has 0 aromatic carbocycles. The predicted octanol–water partition coefficient (Wildman–Crippen LogP) is 0.156. The van der Waals surface area contributed by atoms with E-state index in [4.69, 9.17) is 5.11 Å². The van der Waals surface area contributed by atoms with Crippen LogP contribution >= 0.6 is 0 Å². The molecule has 0 aliphatic rings. The largest absolute Gasteiger partial charge is 0.873 e. The summed E-state index contributed by atoms with van der Waals surface area (Å²) in [5.74, 6) is -0.398. The van der Waals surface area contributed by atoms with Gasteiger partial charge in [-0.15, -0.1) is 0 Å². The Morgan fingerprint density at radius 3 is 1.67 bits per heavy atom. The SMILES string of the molecule is C/C([O-])=C(\C)O. The Morgan fingerprint density at radius 1 is 1.50 bits per heavy atom. The molecular formula is C4H7O2-. The number of hydrogen-bond acceptors (Lipinski definition) is 2. The first-order valence-electron chi connectivity index (χ1n) is 1.68. The normalized spacial score (nSPS) is 13.7. The van der Waals surface area contributed by atoms with Crippen LogP contribution < -0.4 is 5.11 Å². The molecule has 0 heterocycles. The topological polar surface area (TPSA) is 43.3 Å². The van der Waals surface area contributed by atoms with E-state index in [1.165, 1.54) is 13.8 Å². The van der Waals surface area contributed by atoms with Crippen LogP contribution in [0.25, 0.3) is 0 Å². The molecule has 0 aliphatic heterocycles. The first kappa shape index (κ1) is 5.34. The van der Waals surface area contributed by atoms with Gasteiger partial charge in [-0.25, -0.2) is 0 Å². The van der Waals surface area contributed by atoms with E-state index in [1.807, 2.05) is 0 Å². The van der Waals surface area contributed by atoms with Crippen LogP contribution in [0, 0.1) is 0 Å². The van der Waals surface area contributed by atoms with Gasteiger partial charge in [0.05, 0.1) is 5.76 Å². The number of hydrogen-bond donors (Lipinski definition) is 1. The smallest absolute Gasteiger partial charge is 0.0770 e. The lowest BCUT2D eigenvalue weighted by molar-refractivity contribution is -0.306. The molecule has 0 saturated heterocycles. The second kappa shape index (κ2) is 1.70. The van der Waals surface area contributed by atoms with Gasteiger partial charge >= 0.3 is 0 Å². The maximum atomic E-state index is 9.86. The molecule has 36 valence electrons. The number of rotatable bonds is 0. The molecule has 0 aromatic heterocycles. The van der Waals surface area contributed by atoms with E-state index in [1.54, 1.807) is 0 Å². The first-order chi connectivity index (χ1) is 2.64. The lowest BCUT2D eigenvalue weighted by atomic mass is 10.5. The zero-order valence-electron chi connectivity index (χ0n) is 3.86. The van der Waals surface area contributed by atoms with E-state index in [-0.39, 0.29) is 11.5 Å². The molecule has 0 aliphatic carbocycles. The van der Waals surface area contributed by atoms with Crippen molar-refractivity contribution in [3.63, 3.8) is 0 Å². The number of aliphatic hydroxyl groups excluding tert-OH is 1. The summed E-state index contributed by atoms with van der Waals surface area (Å²) >= 11 is 0. The van der Waals surface area contributed by atoms with Gasteiger partial charge in [0, 0.05) is 0 Å². The fourth-order valence-electron chi connectivity index (χ4n) is 0. The minimum Gasteiger partial charge on any atom is -0.873 e. The van der Waals surface area contributed by atoms with Crippen molar-refractivity contribution in [2.45, 2.75) is 13.8 Å². The first-order valence-corrected chi connectivity index (χ1v) is 1.68. The van der Waals surface area contributed by atoms with Gasteiger partial charge in [0.15, 0.2) is 0 Å². The quantitative estimate of drug-likeness (QED) is 0.427. The summed E-state index contributed by atoms with van der Waals surface area (Å²) in [6.45, 7) is 2.68. The summed E-state index contributed by atoms with van der Waals surface area (Å²) in [5.41, 5.74) is 0. The highest BCUT2D eigenvalue weighted by Crippen LogP contribution is 1.85. The molecule has 0 fully saturated rings. The highest BCUT2D eigenvalue weighted by atomic mass is 16.3. The fraction of sp³-hybridized carbons (Fsp3) is 0.500. The monoisotopic (exact) mass is 87.0 g/mol. The Balaban J connectivity index is 3.68. The van der Waals surface area contributed by atoms with Crippen LogP contribution in [0.5, 0.6) is 0 Å². The zero-order valence-corrected chi connectivity index (χ0v) is 3.86. The van der Waals surface area contributed by atoms with Gasteiger partial charge in [0.25, 0.3) is 0 Å². The van der Waals surface area contributed by atoms with E-state index in [2.05, 4.69) is 0 Å². The Morgan fingerprint density at radius 2 is 1.67 bits per heavy atom. The average molecular weight is 87.1 g/mol. The molecule has 0 amide bonds. The van der Waals surface area contributed by atoms with Crippen LogP contribution in [0.1, 0.15) is 13.8 Å². The molecule has 0 unspecified atom stereocenters.